The molecule has 0 aromatic carbocycles. The fraction of sp³-hybridized carbons (Fsp3) is 0.750. The number of carbonyl (C=O) groups excluding carboxylic acids is 1. The monoisotopic (exact) mass is 238 g/mol. The van der Waals surface area contributed by atoms with Gasteiger partial charge in [-0.05, 0) is 0 Å². The Hall–Kier alpha value is -0.910. The zero-order valence-corrected chi connectivity index (χ0v) is 10.3. The van der Waals surface area contributed by atoms with Crippen LogP contribution < -0.4 is 10.6 Å². The number of amides is 1. The van der Waals surface area contributed by atoms with Gasteiger partial charge in [0, 0.05) is 51.9 Å². The van der Waals surface area contributed by atoms with Crippen LogP contribution in [0.4, 0.5) is 0 Å². The van der Waals surface area contributed by atoms with Crippen molar-refractivity contribution in [2.75, 3.05) is 52.4 Å². The van der Waals surface area contributed by atoms with Crippen molar-refractivity contribution in [3.05, 3.63) is 12.7 Å². The summed E-state index contributed by atoms with van der Waals surface area (Å²) in [6.45, 7) is 11.2. The van der Waals surface area contributed by atoms with Gasteiger partial charge in [-0.2, -0.15) is 0 Å². The molecule has 96 valence electrons. The highest BCUT2D eigenvalue weighted by Gasteiger charge is 2.32. The lowest BCUT2D eigenvalue weighted by Gasteiger charge is -2.46. The van der Waals surface area contributed by atoms with Gasteiger partial charge in [0.1, 0.15) is 0 Å². The predicted octanol–water partition coefficient (Wildman–Crippen LogP) is -1.12. The Morgan fingerprint density at radius 2 is 2.12 bits per heavy atom. The number of carbonyl (C=O) groups is 1. The molecule has 2 aliphatic heterocycles. The first-order valence-electron chi connectivity index (χ1n) is 6.34. The van der Waals surface area contributed by atoms with Crippen molar-refractivity contribution in [1.82, 2.24) is 20.4 Å². The van der Waals surface area contributed by atoms with Crippen LogP contribution >= 0.6 is 0 Å². The molecule has 2 N–H and O–H groups in total. The van der Waals surface area contributed by atoms with Crippen molar-refractivity contribution >= 4 is 5.91 Å². The predicted molar refractivity (Wildman–Crippen MR) is 67.9 cm³/mol. The Bertz CT molecular complexity index is 270. The molecule has 0 saturated carbocycles. The summed E-state index contributed by atoms with van der Waals surface area (Å²) in [5.41, 5.74) is 0. The Morgan fingerprint density at radius 3 is 2.76 bits per heavy atom. The standard InChI is InChI=1S/C12H22N4O/c1-2-3-14-12(17)10-15-8-11(9-15)16-6-4-13-5-7-16/h2,11,13H,1,3-10H2,(H,14,17). The normalized spacial score (nSPS) is 23.1. The topological polar surface area (TPSA) is 47.6 Å². The van der Waals surface area contributed by atoms with E-state index in [9.17, 15) is 4.79 Å². The fourth-order valence-electron chi connectivity index (χ4n) is 2.39. The van der Waals surface area contributed by atoms with Crippen molar-refractivity contribution in [3.8, 4) is 0 Å². The third-order valence-corrected chi connectivity index (χ3v) is 3.42. The van der Waals surface area contributed by atoms with E-state index in [0.717, 1.165) is 39.3 Å². The lowest BCUT2D eigenvalue weighted by molar-refractivity contribution is -0.124. The largest absolute Gasteiger partial charge is 0.352 e. The van der Waals surface area contributed by atoms with Gasteiger partial charge in [0.15, 0.2) is 0 Å². The van der Waals surface area contributed by atoms with Crippen molar-refractivity contribution in [3.63, 3.8) is 0 Å². The van der Waals surface area contributed by atoms with Gasteiger partial charge >= 0.3 is 0 Å². The van der Waals surface area contributed by atoms with Crippen LogP contribution in [0.5, 0.6) is 0 Å². The molecule has 0 aliphatic carbocycles. The maximum absolute atomic E-state index is 11.5. The van der Waals surface area contributed by atoms with E-state index >= 15 is 0 Å². The van der Waals surface area contributed by atoms with Gasteiger partial charge in [-0.15, -0.1) is 6.58 Å². The van der Waals surface area contributed by atoms with E-state index < -0.39 is 0 Å². The van der Waals surface area contributed by atoms with E-state index in [1.54, 1.807) is 6.08 Å². The zero-order chi connectivity index (χ0) is 12.1. The molecular formula is C12H22N4O. The first-order valence-corrected chi connectivity index (χ1v) is 6.34. The summed E-state index contributed by atoms with van der Waals surface area (Å²) in [6, 6.07) is 0.657. The minimum Gasteiger partial charge on any atom is -0.352 e. The highest BCUT2D eigenvalue weighted by Crippen LogP contribution is 2.14. The number of likely N-dealkylation sites (tertiary alicyclic amines) is 1. The third-order valence-electron chi connectivity index (χ3n) is 3.42. The summed E-state index contributed by atoms with van der Waals surface area (Å²) in [5.74, 6) is 0.101. The number of nitrogens with zero attached hydrogens (tertiary/aromatic N) is 2. The Kier molecular flexibility index (Phi) is 4.53. The molecular weight excluding hydrogens is 216 g/mol. The molecule has 2 rings (SSSR count). The van der Waals surface area contributed by atoms with Gasteiger partial charge in [-0.1, -0.05) is 6.08 Å². The molecule has 0 aromatic heterocycles. The number of nitrogens with one attached hydrogen (secondary N) is 2. The second-order valence-corrected chi connectivity index (χ2v) is 4.73. The number of hydrogen-bond acceptors (Lipinski definition) is 4. The molecule has 2 fully saturated rings. The molecule has 5 heteroatoms. The maximum atomic E-state index is 11.5. The van der Waals surface area contributed by atoms with Crippen LogP contribution in [0, 0.1) is 0 Å². The highest BCUT2D eigenvalue weighted by molar-refractivity contribution is 5.78. The first-order chi connectivity index (χ1) is 8.29. The summed E-state index contributed by atoms with van der Waals surface area (Å²) in [5, 5.41) is 6.16. The minimum atomic E-state index is 0.101. The molecule has 0 bridgehead atoms. The molecule has 0 aromatic rings. The van der Waals surface area contributed by atoms with Crippen LogP contribution in [-0.2, 0) is 4.79 Å². The molecule has 5 nitrogen and oxygen atoms in total. The summed E-state index contributed by atoms with van der Waals surface area (Å²) in [7, 11) is 0. The Balaban J connectivity index is 1.61. The fourth-order valence-corrected chi connectivity index (χ4v) is 2.39. The van der Waals surface area contributed by atoms with E-state index in [4.69, 9.17) is 0 Å². The summed E-state index contributed by atoms with van der Waals surface area (Å²) in [4.78, 5) is 16.2. The molecule has 0 atom stereocenters. The van der Waals surface area contributed by atoms with Crippen LogP contribution in [0.2, 0.25) is 0 Å². The molecule has 17 heavy (non-hydrogen) atoms. The van der Waals surface area contributed by atoms with Crippen LogP contribution in [0.25, 0.3) is 0 Å². The van der Waals surface area contributed by atoms with Crippen molar-refractivity contribution in [2.45, 2.75) is 6.04 Å². The molecule has 1 amide bonds. The maximum Gasteiger partial charge on any atom is 0.234 e. The smallest absolute Gasteiger partial charge is 0.234 e. The average Bonchev–Trinajstić information content (AvgIpc) is 2.31. The lowest BCUT2D eigenvalue weighted by atomic mass is 10.1. The van der Waals surface area contributed by atoms with Gasteiger partial charge in [0.25, 0.3) is 0 Å². The van der Waals surface area contributed by atoms with E-state index in [2.05, 4.69) is 27.0 Å². The van der Waals surface area contributed by atoms with Crippen molar-refractivity contribution in [1.29, 1.82) is 0 Å². The van der Waals surface area contributed by atoms with Crippen LogP contribution in [0.3, 0.4) is 0 Å². The van der Waals surface area contributed by atoms with Crippen molar-refractivity contribution in [2.24, 2.45) is 0 Å². The quantitative estimate of drug-likeness (QED) is 0.596. The van der Waals surface area contributed by atoms with Gasteiger partial charge in [0.05, 0.1) is 6.54 Å². The van der Waals surface area contributed by atoms with E-state index in [1.807, 2.05) is 0 Å². The van der Waals surface area contributed by atoms with Gasteiger partial charge < -0.3 is 10.6 Å². The van der Waals surface area contributed by atoms with Crippen LogP contribution in [0.15, 0.2) is 12.7 Å². The summed E-state index contributed by atoms with van der Waals surface area (Å²) < 4.78 is 0. The van der Waals surface area contributed by atoms with Gasteiger partial charge in [-0.25, -0.2) is 0 Å². The SMILES string of the molecule is C=CCNC(=O)CN1CC(N2CCNCC2)C1. The Labute approximate surface area is 103 Å². The number of hydrogen-bond donors (Lipinski definition) is 2. The zero-order valence-electron chi connectivity index (χ0n) is 10.3. The molecule has 0 radical (unpaired) electrons. The molecule has 2 saturated heterocycles. The first kappa shape index (κ1) is 12.5. The van der Waals surface area contributed by atoms with E-state index in [-0.39, 0.29) is 5.91 Å². The molecule has 0 spiro atoms. The van der Waals surface area contributed by atoms with Crippen LogP contribution in [0.1, 0.15) is 0 Å². The second kappa shape index (κ2) is 6.14. The minimum absolute atomic E-state index is 0.101. The lowest BCUT2D eigenvalue weighted by Crippen LogP contribution is -2.63. The number of rotatable bonds is 5. The summed E-state index contributed by atoms with van der Waals surface area (Å²) >= 11 is 0. The van der Waals surface area contributed by atoms with Gasteiger partial charge in [0.2, 0.25) is 5.91 Å². The highest BCUT2D eigenvalue weighted by atomic mass is 16.2. The van der Waals surface area contributed by atoms with E-state index in [1.165, 1.54) is 0 Å². The molecule has 2 aliphatic rings. The Morgan fingerprint density at radius 1 is 1.41 bits per heavy atom. The number of piperazine rings is 1. The molecule has 2 heterocycles. The average molecular weight is 238 g/mol. The van der Waals surface area contributed by atoms with Crippen molar-refractivity contribution < 1.29 is 4.79 Å². The third kappa shape index (κ3) is 3.52. The summed E-state index contributed by atoms with van der Waals surface area (Å²) in [6.07, 6.45) is 1.71. The molecule has 0 unspecified atom stereocenters. The van der Waals surface area contributed by atoms with Crippen LogP contribution in [-0.4, -0.2) is 74.1 Å². The second-order valence-electron chi connectivity index (χ2n) is 4.73. The van der Waals surface area contributed by atoms with Gasteiger partial charge in [-0.3, -0.25) is 14.6 Å². The van der Waals surface area contributed by atoms with E-state index in [0.29, 0.717) is 19.1 Å².